The summed E-state index contributed by atoms with van der Waals surface area (Å²) in [6.07, 6.45) is 0.629. The Labute approximate surface area is 166 Å². The molecule has 152 valence electrons. The molecule has 1 aromatic heterocycles. The lowest BCUT2D eigenvalue weighted by Crippen LogP contribution is -2.42. The Hall–Kier alpha value is -2.90. The summed E-state index contributed by atoms with van der Waals surface area (Å²) >= 11 is 0. The largest absolute Gasteiger partial charge is 0.441 e. The summed E-state index contributed by atoms with van der Waals surface area (Å²) in [5, 5.41) is 8.00. The summed E-state index contributed by atoms with van der Waals surface area (Å²) in [5.74, 6) is -2.94. The third-order valence-corrected chi connectivity index (χ3v) is 5.67. The van der Waals surface area contributed by atoms with Crippen molar-refractivity contribution in [2.75, 3.05) is 13.1 Å². The van der Waals surface area contributed by atoms with E-state index in [1.54, 1.807) is 30.5 Å². The second-order valence-corrected chi connectivity index (χ2v) is 7.83. The zero-order valence-corrected chi connectivity index (χ0v) is 16.0. The first-order chi connectivity index (χ1) is 13.8. The molecule has 6 nitrogen and oxygen atoms in total. The van der Waals surface area contributed by atoms with Crippen LogP contribution in [-0.2, 0) is 4.74 Å². The Balaban J connectivity index is 1.42. The number of carbonyl (C=O) groups excluding carboxylic acids is 2. The van der Waals surface area contributed by atoms with Crippen molar-refractivity contribution in [1.29, 1.82) is 0 Å². The molecule has 0 bridgehead atoms. The zero-order valence-electron chi connectivity index (χ0n) is 16.0. The SMILES string of the molecule is Cc1ccnnc1-c1ccc(C(=O)CN2CC3(CCC(F)(F)CC3)OC2=O)cc1. The average Bonchev–Trinajstić information content (AvgIpc) is 3.00. The molecule has 2 aliphatic rings. The van der Waals surface area contributed by atoms with E-state index in [9.17, 15) is 18.4 Å². The maximum Gasteiger partial charge on any atom is 0.410 e. The standard InChI is InChI=1S/C21H21F2N3O3/c1-14-6-11-24-25-18(14)16-4-2-15(3-5-16)17(27)12-26-13-20(29-19(26)28)7-9-21(22,23)10-8-20/h2-6,11H,7-10,12-13H2,1H3. The van der Waals surface area contributed by atoms with Gasteiger partial charge in [-0.05, 0) is 31.4 Å². The van der Waals surface area contributed by atoms with Gasteiger partial charge in [-0.3, -0.25) is 9.69 Å². The Kier molecular flexibility index (Phi) is 4.80. The van der Waals surface area contributed by atoms with Crippen LogP contribution in [0.5, 0.6) is 0 Å². The Morgan fingerprint density at radius 2 is 1.83 bits per heavy atom. The molecule has 2 heterocycles. The number of amides is 1. The van der Waals surface area contributed by atoms with E-state index in [4.69, 9.17) is 4.74 Å². The van der Waals surface area contributed by atoms with Crippen molar-refractivity contribution in [3.05, 3.63) is 47.7 Å². The molecule has 1 saturated carbocycles. The highest BCUT2D eigenvalue weighted by Crippen LogP contribution is 2.43. The summed E-state index contributed by atoms with van der Waals surface area (Å²) in [6.45, 7) is 1.96. The van der Waals surface area contributed by atoms with E-state index in [2.05, 4.69) is 10.2 Å². The van der Waals surface area contributed by atoms with Gasteiger partial charge < -0.3 is 4.74 Å². The Morgan fingerprint density at radius 1 is 1.14 bits per heavy atom. The number of ketones is 1. The van der Waals surface area contributed by atoms with Gasteiger partial charge in [0, 0.05) is 30.2 Å². The minimum atomic E-state index is -2.70. The molecule has 1 aromatic carbocycles. The van der Waals surface area contributed by atoms with Crippen molar-refractivity contribution >= 4 is 11.9 Å². The first-order valence-electron chi connectivity index (χ1n) is 9.55. The molecule has 0 unspecified atom stereocenters. The number of halogens is 2. The van der Waals surface area contributed by atoms with Gasteiger partial charge >= 0.3 is 6.09 Å². The fourth-order valence-electron chi connectivity index (χ4n) is 3.90. The van der Waals surface area contributed by atoms with Crippen molar-refractivity contribution in [2.24, 2.45) is 0 Å². The van der Waals surface area contributed by atoms with Gasteiger partial charge in [0.1, 0.15) is 5.60 Å². The summed E-state index contributed by atoms with van der Waals surface area (Å²) in [4.78, 5) is 26.2. The molecule has 0 atom stereocenters. The van der Waals surface area contributed by atoms with Crippen molar-refractivity contribution < 1.29 is 23.1 Å². The molecule has 1 amide bonds. The zero-order chi connectivity index (χ0) is 20.6. The van der Waals surface area contributed by atoms with Gasteiger partial charge in [-0.2, -0.15) is 10.2 Å². The fourth-order valence-corrected chi connectivity index (χ4v) is 3.90. The number of alkyl halides is 2. The van der Waals surface area contributed by atoms with Gasteiger partial charge in [0.05, 0.1) is 18.8 Å². The lowest BCUT2D eigenvalue weighted by atomic mass is 9.82. The summed E-state index contributed by atoms with van der Waals surface area (Å²) < 4.78 is 32.3. The van der Waals surface area contributed by atoms with Gasteiger partial charge in [-0.25, -0.2) is 13.6 Å². The van der Waals surface area contributed by atoms with E-state index in [-0.39, 0.29) is 44.6 Å². The Bertz CT molecular complexity index is 936. The van der Waals surface area contributed by atoms with Gasteiger partial charge in [0.2, 0.25) is 5.92 Å². The number of carbonyl (C=O) groups is 2. The molecule has 2 aromatic rings. The molecular weight excluding hydrogens is 380 g/mol. The predicted molar refractivity (Wildman–Crippen MR) is 101 cm³/mol. The van der Waals surface area contributed by atoms with Crippen LogP contribution in [-0.4, -0.2) is 51.6 Å². The van der Waals surface area contributed by atoms with E-state index < -0.39 is 17.6 Å². The van der Waals surface area contributed by atoms with Gasteiger partial charge in [-0.1, -0.05) is 24.3 Å². The highest BCUT2D eigenvalue weighted by molar-refractivity contribution is 5.99. The topological polar surface area (TPSA) is 72.4 Å². The minimum absolute atomic E-state index is 0.114. The van der Waals surface area contributed by atoms with Crippen molar-refractivity contribution in [3.63, 3.8) is 0 Å². The molecule has 4 rings (SSSR count). The molecule has 29 heavy (non-hydrogen) atoms. The number of aromatic nitrogens is 2. The van der Waals surface area contributed by atoms with E-state index in [0.717, 1.165) is 16.8 Å². The lowest BCUT2D eigenvalue weighted by molar-refractivity contribution is -0.0910. The van der Waals surface area contributed by atoms with Crippen LogP contribution in [0.25, 0.3) is 11.3 Å². The lowest BCUT2D eigenvalue weighted by Gasteiger charge is -2.34. The number of hydrogen-bond donors (Lipinski definition) is 0. The molecule has 0 radical (unpaired) electrons. The first kappa shape index (κ1) is 19.4. The number of nitrogens with zero attached hydrogens (tertiary/aromatic N) is 3. The minimum Gasteiger partial charge on any atom is -0.441 e. The number of rotatable bonds is 4. The van der Waals surface area contributed by atoms with E-state index >= 15 is 0 Å². The maximum atomic E-state index is 13.4. The number of hydrogen-bond acceptors (Lipinski definition) is 5. The maximum absolute atomic E-state index is 13.4. The van der Waals surface area contributed by atoms with Gasteiger partial charge in [0.15, 0.2) is 5.78 Å². The van der Waals surface area contributed by atoms with Crippen LogP contribution >= 0.6 is 0 Å². The predicted octanol–water partition coefficient (Wildman–Crippen LogP) is 4.04. The molecule has 1 spiro atoms. The second kappa shape index (κ2) is 7.17. The van der Waals surface area contributed by atoms with Gasteiger partial charge in [-0.15, -0.1) is 0 Å². The van der Waals surface area contributed by atoms with E-state index in [1.165, 1.54) is 4.90 Å². The summed E-state index contributed by atoms with van der Waals surface area (Å²) in [5.41, 5.74) is 2.12. The van der Waals surface area contributed by atoms with Crippen LogP contribution in [0, 0.1) is 6.92 Å². The molecule has 8 heteroatoms. The number of benzene rings is 1. The second-order valence-electron chi connectivity index (χ2n) is 7.83. The third kappa shape index (κ3) is 3.97. The van der Waals surface area contributed by atoms with Crippen molar-refractivity contribution in [3.8, 4) is 11.3 Å². The monoisotopic (exact) mass is 401 g/mol. The highest BCUT2D eigenvalue weighted by Gasteiger charge is 2.51. The molecular formula is C21H21F2N3O3. The molecule has 1 saturated heterocycles. The van der Waals surface area contributed by atoms with Crippen LogP contribution in [0.3, 0.4) is 0 Å². The van der Waals surface area contributed by atoms with E-state index in [1.807, 2.05) is 13.0 Å². The molecule has 0 N–H and O–H groups in total. The van der Waals surface area contributed by atoms with Crippen LogP contribution < -0.4 is 0 Å². The average molecular weight is 401 g/mol. The number of aryl methyl sites for hydroxylation is 1. The van der Waals surface area contributed by atoms with Gasteiger partial charge in [0.25, 0.3) is 0 Å². The quantitative estimate of drug-likeness (QED) is 0.723. The van der Waals surface area contributed by atoms with Crippen LogP contribution in [0.4, 0.5) is 13.6 Å². The number of Topliss-reactive ketones (excluding diaryl/α,β-unsaturated/α-hetero) is 1. The Morgan fingerprint density at radius 3 is 2.48 bits per heavy atom. The van der Waals surface area contributed by atoms with Crippen molar-refractivity contribution in [2.45, 2.75) is 44.1 Å². The normalized spacial score (nSPS) is 20.0. The smallest absolute Gasteiger partial charge is 0.410 e. The van der Waals surface area contributed by atoms with Crippen molar-refractivity contribution in [1.82, 2.24) is 15.1 Å². The third-order valence-electron chi connectivity index (χ3n) is 5.67. The molecule has 1 aliphatic heterocycles. The van der Waals surface area contributed by atoms with E-state index in [0.29, 0.717) is 5.56 Å². The summed E-state index contributed by atoms with van der Waals surface area (Å²) in [6, 6.07) is 8.81. The fraction of sp³-hybridized carbons (Fsp3) is 0.429. The van der Waals surface area contributed by atoms with Crippen LogP contribution in [0.2, 0.25) is 0 Å². The summed E-state index contributed by atoms with van der Waals surface area (Å²) in [7, 11) is 0. The number of ether oxygens (including phenoxy) is 1. The van der Waals surface area contributed by atoms with Crippen LogP contribution in [0.1, 0.15) is 41.6 Å². The highest BCUT2D eigenvalue weighted by atomic mass is 19.3. The van der Waals surface area contributed by atoms with Crippen LogP contribution in [0.15, 0.2) is 36.5 Å². The molecule has 1 aliphatic carbocycles. The first-order valence-corrected chi connectivity index (χ1v) is 9.55. The molecule has 2 fully saturated rings.